The molecule has 0 bridgehead atoms. The first-order valence-corrected chi connectivity index (χ1v) is 23.6. The fraction of sp³-hybridized carbons (Fsp3) is 0.491. The number of benzene rings is 1. The number of fused-ring (bicyclic) bond motifs is 1. The minimum Gasteiger partial charge on any atom is -0.316 e. The maximum Gasteiger partial charge on any atom is 0.151 e. The molecule has 12 heteroatoms. The standard InChI is InChI=1S/C55H74N12/c1-21-35(50(3,4)5)24-42-34(2)64(37-26-56-46(57-27-37)52(9,10)11)44(66(42)39-30-60-48(61-31-39)54(15,16)17)45-65(38-28-58-47(59-29-38)53(12,13)14)41-23-22-36(51(6,7)8)25-43(41)67(45)40-32-62-49(63-33-40)55(18,19)20/h21-33,44-45H,1H2,2-20H3/b35-24+. The molecule has 0 saturated heterocycles. The van der Waals surface area contributed by atoms with Crippen LogP contribution in [0.5, 0.6) is 0 Å². The maximum atomic E-state index is 5.07. The van der Waals surface area contributed by atoms with Crippen molar-refractivity contribution in [2.75, 3.05) is 19.6 Å². The predicted molar refractivity (Wildman–Crippen MR) is 275 cm³/mol. The summed E-state index contributed by atoms with van der Waals surface area (Å²) in [6, 6.07) is 6.82. The normalized spacial score (nSPS) is 17.7. The Bertz CT molecular complexity index is 2660. The van der Waals surface area contributed by atoms with Crippen molar-refractivity contribution < 1.29 is 0 Å². The van der Waals surface area contributed by atoms with Gasteiger partial charge in [0.15, 0.2) is 12.3 Å². The van der Waals surface area contributed by atoms with Crippen LogP contribution in [-0.2, 0) is 27.1 Å². The van der Waals surface area contributed by atoms with Crippen molar-refractivity contribution in [3.63, 3.8) is 0 Å². The van der Waals surface area contributed by atoms with Crippen molar-refractivity contribution in [2.24, 2.45) is 5.41 Å². The number of anilines is 6. The van der Waals surface area contributed by atoms with Gasteiger partial charge in [0.1, 0.15) is 23.3 Å². The third kappa shape index (κ3) is 9.59. The summed E-state index contributed by atoms with van der Waals surface area (Å²) in [7, 11) is 0. The van der Waals surface area contributed by atoms with Gasteiger partial charge in [-0.25, -0.2) is 39.9 Å². The number of allylic oxidation sites excluding steroid dienone is 4. The Labute approximate surface area is 400 Å². The van der Waals surface area contributed by atoms with Crippen molar-refractivity contribution in [3.8, 4) is 0 Å². The Kier molecular flexibility index (Phi) is 12.4. The van der Waals surface area contributed by atoms with E-state index in [1.54, 1.807) is 0 Å². The summed E-state index contributed by atoms with van der Waals surface area (Å²) in [6.07, 6.45) is 18.9. The molecule has 0 amide bonds. The Balaban J connectivity index is 1.63. The highest BCUT2D eigenvalue weighted by molar-refractivity contribution is 5.90. The summed E-state index contributed by atoms with van der Waals surface area (Å²) in [4.78, 5) is 50.0. The first-order valence-electron chi connectivity index (χ1n) is 23.6. The first-order chi connectivity index (χ1) is 30.9. The number of nitrogens with zero attached hydrogens (tertiary/aromatic N) is 12. The second-order valence-corrected chi connectivity index (χ2v) is 24.3. The maximum absolute atomic E-state index is 5.07. The van der Waals surface area contributed by atoms with E-state index in [0.717, 1.165) is 74.4 Å². The van der Waals surface area contributed by atoms with Crippen LogP contribution in [-0.4, -0.2) is 52.2 Å². The third-order valence-corrected chi connectivity index (χ3v) is 12.4. The minimum absolute atomic E-state index is 0.151. The molecule has 7 rings (SSSR count). The fourth-order valence-corrected chi connectivity index (χ4v) is 8.53. The SMILES string of the molecule is C=C/C(=C\C1=C(C)N(c2cnc(C(C)(C)C)nc2)C(C2N(c3cnc(C(C)(C)C)nc3)c3ccc(C(C)(C)C)cc3N2c2cnc(C(C)(C)C)nc2)N1c1cnc(C(C)(C)C)nc1)C(C)(C)C. The van der Waals surface area contributed by atoms with Gasteiger partial charge in [0.05, 0.1) is 89.4 Å². The molecule has 4 aromatic heterocycles. The van der Waals surface area contributed by atoms with E-state index in [1.807, 2.05) is 55.7 Å². The Morgan fingerprint density at radius 3 is 1.10 bits per heavy atom. The van der Waals surface area contributed by atoms with E-state index in [-0.39, 0.29) is 32.5 Å². The van der Waals surface area contributed by atoms with Crippen LogP contribution in [0.4, 0.5) is 34.1 Å². The van der Waals surface area contributed by atoms with Crippen molar-refractivity contribution >= 4 is 34.1 Å². The topological polar surface area (TPSA) is 116 Å². The molecule has 2 unspecified atom stereocenters. The average Bonchev–Trinajstić information content (AvgIpc) is 3.71. The number of rotatable bonds is 7. The van der Waals surface area contributed by atoms with E-state index >= 15 is 0 Å². The van der Waals surface area contributed by atoms with Gasteiger partial charge in [0.25, 0.3) is 0 Å². The molecule has 0 radical (unpaired) electrons. The smallest absolute Gasteiger partial charge is 0.151 e. The highest BCUT2D eigenvalue weighted by Crippen LogP contribution is 2.53. The highest BCUT2D eigenvalue weighted by atomic mass is 15.5. The summed E-state index contributed by atoms with van der Waals surface area (Å²) in [6.45, 7) is 45.6. The number of hydrogen-bond donors (Lipinski definition) is 0. The van der Waals surface area contributed by atoms with Crippen LogP contribution < -0.4 is 19.6 Å². The molecule has 1 aromatic carbocycles. The summed E-state index contributed by atoms with van der Waals surface area (Å²) in [5.41, 5.74) is 8.14. The van der Waals surface area contributed by atoms with E-state index in [4.69, 9.17) is 39.9 Å². The second kappa shape index (κ2) is 16.9. The Morgan fingerprint density at radius 1 is 0.448 bits per heavy atom. The predicted octanol–water partition coefficient (Wildman–Crippen LogP) is 12.7. The first kappa shape index (κ1) is 48.9. The zero-order chi connectivity index (χ0) is 49.4. The molecule has 0 spiro atoms. The van der Waals surface area contributed by atoms with Gasteiger partial charge in [-0.15, -0.1) is 0 Å². The minimum atomic E-state index is -0.541. The van der Waals surface area contributed by atoms with Gasteiger partial charge in [0.2, 0.25) is 0 Å². The lowest BCUT2D eigenvalue weighted by molar-refractivity contribution is 0.513. The molecular formula is C55H74N12. The molecule has 354 valence electrons. The molecule has 12 nitrogen and oxygen atoms in total. The van der Waals surface area contributed by atoms with Crippen molar-refractivity contribution in [3.05, 3.63) is 132 Å². The lowest BCUT2D eigenvalue weighted by atomic mass is 9.85. The van der Waals surface area contributed by atoms with Gasteiger partial charge in [-0.3, -0.25) is 0 Å². The monoisotopic (exact) mass is 903 g/mol. The molecule has 2 aliphatic heterocycles. The van der Waals surface area contributed by atoms with Gasteiger partial charge in [-0.1, -0.05) is 143 Å². The van der Waals surface area contributed by atoms with Crippen molar-refractivity contribution in [1.29, 1.82) is 0 Å². The molecule has 0 aliphatic carbocycles. The number of hydrogen-bond acceptors (Lipinski definition) is 12. The van der Waals surface area contributed by atoms with E-state index < -0.39 is 12.3 Å². The zero-order valence-electron chi connectivity index (χ0n) is 43.7. The molecular weight excluding hydrogens is 829 g/mol. The van der Waals surface area contributed by atoms with Crippen LogP contribution in [0.15, 0.2) is 103 Å². The lowest BCUT2D eigenvalue weighted by Crippen LogP contribution is -2.59. The lowest BCUT2D eigenvalue weighted by Gasteiger charge is -2.45. The van der Waals surface area contributed by atoms with Crippen LogP contribution in [0, 0.1) is 5.41 Å². The summed E-state index contributed by atoms with van der Waals surface area (Å²) >= 11 is 0. The Hall–Kier alpha value is -6.04. The number of aromatic nitrogens is 8. The van der Waals surface area contributed by atoms with Crippen LogP contribution in [0.2, 0.25) is 0 Å². The second-order valence-electron chi connectivity index (χ2n) is 24.3. The van der Waals surface area contributed by atoms with Crippen molar-refractivity contribution in [2.45, 2.75) is 171 Å². The van der Waals surface area contributed by atoms with Gasteiger partial charge in [-0.05, 0) is 47.1 Å². The summed E-state index contributed by atoms with van der Waals surface area (Å²) in [5, 5.41) is 0. The third-order valence-electron chi connectivity index (χ3n) is 12.4. The van der Waals surface area contributed by atoms with Crippen LogP contribution >= 0.6 is 0 Å². The molecule has 0 saturated carbocycles. The van der Waals surface area contributed by atoms with E-state index in [2.05, 4.69) is 182 Å². The summed E-state index contributed by atoms with van der Waals surface area (Å²) in [5.74, 6) is 3.04. The largest absolute Gasteiger partial charge is 0.316 e. The quantitative estimate of drug-likeness (QED) is 0.145. The molecule has 0 fully saturated rings. The summed E-state index contributed by atoms with van der Waals surface area (Å²) < 4.78 is 0. The van der Waals surface area contributed by atoms with E-state index in [9.17, 15) is 0 Å². The van der Waals surface area contributed by atoms with Crippen LogP contribution in [0.3, 0.4) is 0 Å². The van der Waals surface area contributed by atoms with Crippen molar-refractivity contribution in [1.82, 2.24) is 39.9 Å². The molecule has 5 aromatic rings. The van der Waals surface area contributed by atoms with Gasteiger partial charge in [-0.2, -0.15) is 0 Å². The Morgan fingerprint density at radius 2 is 0.776 bits per heavy atom. The molecule has 6 heterocycles. The molecule has 2 aliphatic rings. The van der Waals surface area contributed by atoms with Gasteiger partial charge in [0, 0.05) is 27.4 Å². The highest BCUT2D eigenvalue weighted by Gasteiger charge is 2.52. The van der Waals surface area contributed by atoms with E-state index in [1.165, 1.54) is 5.56 Å². The van der Waals surface area contributed by atoms with E-state index in [0.29, 0.717) is 0 Å². The average molecular weight is 903 g/mol. The van der Waals surface area contributed by atoms with Crippen LogP contribution in [0.1, 0.15) is 160 Å². The molecule has 2 atom stereocenters. The van der Waals surface area contributed by atoms with Gasteiger partial charge >= 0.3 is 0 Å². The van der Waals surface area contributed by atoms with Crippen LogP contribution in [0.25, 0.3) is 0 Å². The fourth-order valence-electron chi connectivity index (χ4n) is 8.53. The molecule has 0 N–H and O–H groups in total. The molecule has 67 heavy (non-hydrogen) atoms. The zero-order valence-corrected chi connectivity index (χ0v) is 43.7. The van der Waals surface area contributed by atoms with Gasteiger partial charge < -0.3 is 19.6 Å².